The first-order valence-electron chi connectivity index (χ1n) is 5.54. The van der Waals surface area contributed by atoms with Crippen molar-refractivity contribution in [1.29, 1.82) is 0 Å². The lowest BCUT2D eigenvalue weighted by Gasteiger charge is -2.14. The molecular formula is C14H12O2. The Hall–Kier alpha value is -1.83. The van der Waals surface area contributed by atoms with E-state index in [1.54, 1.807) is 6.26 Å². The maximum atomic E-state index is 11.8. The van der Waals surface area contributed by atoms with E-state index >= 15 is 0 Å². The van der Waals surface area contributed by atoms with Gasteiger partial charge in [0, 0.05) is 17.5 Å². The summed E-state index contributed by atoms with van der Waals surface area (Å²) in [6.45, 7) is 0. The highest BCUT2D eigenvalue weighted by atomic mass is 16.3. The number of fused-ring (bicyclic) bond motifs is 1. The number of aryl methyl sites for hydroxylation is 1. The van der Waals surface area contributed by atoms with Crippen molar-refractivity contribution >= 4 is 5.78 Å². The molecule has 1 aliphatic carbocycles. The number of carbonyl (C=O) groups is 1. The minimum atomic E-state index is 0.259. The van der Waals surface area contributed by atoms with Crippen LogP contribution < -0.4 is 0 Å². The van der Waals surface area contributed by atoms with Gasteiger partial charge in [0.1, 0.15) is 5.76 Å². The van der Waals surface area contributed by atoms with Gasteiger partial charge in [-0.2, -0.15) is 0 Å². The first-order chi connectivity index (χ1) is 7.84. The molecule has 0 bridgehead atoms. The van der Waals surface area contributed by atoms with Crippen LogP contribution in [0.4, 0.5) is 0 Å². The molecule has 0 saturated heterocycles. The van der Waals surface area contributed by atoms with Crippen LogP contribution in [-0.2, 0) is 6.42 Å². The molecule has 0 atom stereocenters. The third kappa shape index (κ3) is 1.47. The Morgan fingerprint density at radius 2 is 2.06 bits per heavy atom. The SMILES string of the molecule is O=C1CCCc2ccc(-c3ccco3)cc21. The lowest BCUT2D eigenvalue weighted by atomic mass is 9.89. The lowest BCUT2D eigenvalue weighted by Crippen LogP contribution is -2.10. The van der Waals surface area contributed by atoms with Crippen LogP contribution in [0.25, 0.3) is 11.3 Å². The Balaban J connectivity index is 2.11. The molecule has 16 heavy (non-hydrogen) atoms. The predicted molar refractivity (Wildman–Crippen MR) is 61.4 cm³/mol. The molecule has 2 aromatic rings. The highest BCUT2D eigenvalue weighted by molar-refractivity contribution is 5.99. The number of carbonyl (C=O) groups excluding carboxylic acids is 1. The number of furan rings is 1. The van der Waals surface area contributed by atoms with Crippen molar-refractivity contribution in [1.82, 2.24) is 0 Å². The van der Waals surface area contributed by atoms with Crippen LogP contribution in [0.2, 0.25) is 0 Å². The normalized spacial score (nSPS) is 14.9. The van der Waals surface area contributed by atoms with E-state index in [1.165, 1.54) is 5.56 Å². The van der Waals surface area contributed by atoms with Gasteiger partial charge in [0.2, 0.25) is 0 Å². The van der Waals surface area contributed by atoms with Crippen molar-refractivity contribution in [2.24, 2.45) is 0 Å². The van der Waals surface area contributed by atoms with Crippen LogP contribution in [-0.4, -0.2) is 5.78 Å². The molecule has 1 aliphatic rings. The van der Waals surface area contributed by atoms with Crippen molar-refractivity contribution in [3.8, 4) is 11.3 Å². The average molecular weight is 212 g/mol. The highest BCUT2D eigenvalue weighted by Crippen LogP contribution is 2.27. The summed E-state index contributed by atoms with van der Waals surface area (Å²) >= 11 is 0. The van der Waals surface area contributed by atoms with Gasteiger partial charge in [-0.05, 0) is 36.6 Å². The van der Waals surface area contributed by atoms with Crippen LogP contribution in [0, 0.1) is 0 Å². The molecule has 2 heteroatoms. The van der Waals surface area contributed by atoms with Gasteiger partial charge in [0.05, 0.1) is 6.26 Å². The molecule has 1 heterocycles. The summed E-state index contributed by atoms with van der Waals surface area (Å²) in [6, 6.07) is 9.79. The van der Waals surface area contributed by atoms with Crippen molar-refractivity contribution < 1.29 is 9.21 Å². The minimum absolute atomic E-state index is 0.259. The smallest absolute Gasteiger partial charge is 0.163 e. The largest absolute Gasteiger partial charge is 0.464 e. The van der Waals surface area contributed by atoms with Gasteiger partial charge in [-0.3, -0.25) is 4.79 Å². The number of ketones is 1. The van der Waals surface area contributed by atoms with E-state index in [9.17, 15) is 4.79 Å². The van der Waals surface area contributed by atoms with Crippen molar-refractivity contribution in [3.05, 3.63) is 47.7 Å². The number of hydrogen-bond acceptors (Lipinski definition) is 2. The zero-order valence-corrected chi connectivity index (χ0v) is 8.90. The fourth-order valence-electron chi connectivity index (χ4n) is 2.22. The topological polar surface area (TPSA) is 30.2 Å². The summed E-state index contributed by atoms with van der Waals surface area (Å²) in [7, 11) is 0. The third-order valence-electron chi connectivity index (χ3n) is 3.07. The molecule has 0 unspecified atom stereocenters. The average Bonchev–Trinajstić information content (AvgIpc) is 2.83. The van der Waals surface area contributed by atoms with Crippen molar-refractivity contribution in [2.45, 2.75) is 19.3 Å². The van der Waals surface area contributed by atoms with Crippen molar-refractivity contribution in [2.75, 3.05) is 0 Å². The summed E-state index contributed by atoms with van der Waals surface area (Å²) in [6.07, 6.45) is 4.32. The van der Waals surface area contributed by atoms with E-state index in [2.05, 4.69) is 0 Å². The summed E-state index contributed by atoms with van der Waals surface area (Å²) in [5.41, 5.74) is 3.03. The third-order valence-corrected chi connectivity index (χ3v) is 3.07. The number of rotatable bonds is 1. The van der Waals surface area contributed by atoms with Crippen LogP contribution in [0.5, 0.6) is 0 Å². The maximum absolute atomic E-state index is 11.8. The van der Waals surface area contributed by atoms with Gasteiger partial charge in [-0.15, -0.1) is 0 Å². The molecule has 3 rings (SSSR count). The Labute approximate surface area is 93.9 Å². The summed E-state index contributed by atoms with van der Waals surface area (Å²) in [5.74, 6) is 1.08. The van der Waals surface area contributed by atoms with Crippen molar-refractivity contribution in [3.63, 3.8) is 0 Å². The Kier molecular flexibility index (Phi) is 2.13. The maximum Gasteiger partial charge on any atom is 0.163 e. The molecule has 0 radical (unpaired) electrons. The lowest BCUT2D eigenvalue weighted by molar-refractivity contribution is 0.0972. The highest BCUT2D eigenvalue weighted by Gasteiger charge is 2.17. The molecule has 1 aromatic carbocycles. The predicted octanol–water partition coefficient (Wildman–Crippen LogP) is 3.47. The molecular weight excluding hydrogens is 200 g/mol. The molecule has 0 spiro atoms. The zero-order chi connectivity index (χ0) is 11.0. The van der Waals surface area contributed by atoms with E-state index < -0.39 is 0 Å². The fourth-order valence-corrected chi connectivity index (χ4v) is 2.22. The fraction of sp³-hybridized carbons (Fsp3) is 0.214. The van der Waals surface area contributed by atoms with E-state index in [0.717, 1.165) is 29.7 Å². The Bertz CT molecular complexity index is 524. The van der Waals surface area contributed by atoms with Gasteiger partial charge in [0.25, 0.3) is 0 Å². The number of Topliss-reactive ketones (excluding diaryl/α,β-unsaturated/α-hetero) is 1. The molecule has 0 amide bonds. The van der Waals surface area contributed by atoms with Crippen LogP contribution >= 0.6 is 0 Å². The first-order valence-corrected chi connectivity index (χ1v) is 5.54. The van der Waals surface area contributed by atoms with Gasteiger partial charge < -0.3 is 4.42 Å². The number of hydrogen-bond donors (Lipinski definition) is 0. The van der Waals surface area contributed by atoms with Gasteiger partial charge in [-0.25, -0.2) is 0 Å². The minimum Gasteiger partial charge on any atom is -0.464 e. The van der Waals surface area contributed by atoms with Gasteiger partial charge in [-0.1, -0.05) is 12.1 Å². The number of benzene rings is 1. The quantitative estimate of drug-likeness (QED) is 0.724. The molecule has 0 N–H and O–H groups in total. The van der Waals surface area contributed by atoms with Crippen LogP contribution in [0.1, 0.15) is 28.8 Å². The molecule has 80 valence electrons. The monoisotopic (exact) mass is 212 g/mol. The Morgan fingerprint density at radius 1 is 1.12 bits per heavy atom. The molecule has 0 saturated carbocycles. The molecule has 1 aromatic heterocycles. The standard InChI is InChI=1S/C14H12O2/c15-13-4-1-3-10-6-7-11(9-12(10)13)14-5-2-8-16-14/h2,5-9H,1,3-4H2. The summed E-state index contributed by atoms with van der Waals surface area (Å²) in [4.78, 5) is 11.8. The summed E-state index contributed by atoms with van der Waals surface area (Å²) < 4.78 is 5.33. The second-order valence-electron chi connectivity index (χ2n) is 4.13. The van der Waals surface area contributed by atoms with E-state index in [0.29, 0.717) is 6.42 Å². The van der Waals surface area contributed by atoms with E-state index in [1.807, 2.05) is 30.3 Å². The van der Waals surface area contributed by atoms with Gasteiger partial charge >= 0.3 is 0 Å². The second-order valence-corrected chi connectivity index (χ2v) is 4.13. The second kappa shape index (κ2) is 3.63. The zero-order valence-electron chi connectivity index (χ0n) is 8.90. The molecule has 0 aliphatic heterocycles. The molecule has 0 fully saturated rings. The molecule has 2 nitrogen and oxygen atoms in total. The van der Waals surface area contributed by atoms with E-state index in [4.69, 9.17) is 4.42 Å². The summed E-state index contributed by atoms with van der Waals surface area (Å²) in [5, 5.41) is 0. The first kappa shape index (κ1) is 9.40. The van der Waals surface area contributed by atoms with Gasteiger partial charge in [0.15, 0.2) is 5.78 Å². The van der Waals surface area contributed by atoms with Crippen LogP contribution in [0.15, 0.2) is 41.0 Å². The van der Waals surface area contributed by atoms with Crippen LogP contribution in [0.3, 0.4) is 0 Å². The van der Waals surface area contributed by atoms with E-state index in [-0.39, 0.29) is 5.78 Å². The Morgan fingerprint density at radius 3 is 2.88 bits per heavy atom.